The van der Waals surface area contributed by atoms with Crippen molar-refractivity contribution in [2.75, 3.05) is 0 Å². The largest absolute Gasteiger partial charge is 0.343 e. The molecule has 140 valence electrons. The van der Waals surface area contributed by atoms with Gasteiger partial charge in [0.15, 0.2) is 11.0 Å². The number of benzene rings is 1. The van der Waals surface area contributed by atoms with E-state index < -0.39 is 0 Å². The lowest BCUT2D eigenvalue weighted by Crippen LogP contribution is -2.26. The van der Waals surface area contributed by atoms with Crippen molar-refractivity contribution in [1.29, 1.82) is 0 Å². The zero-order chi connectivity index (χ0) is 19.2. The summed E-state index contributed by atoms with van der Waals surface area (Å²) in [6.45, 7) is 4.02. The average molecular weight is 399 g/mol. The van der Waals surface area contributed by atoms with Gasteiger partial charge in [0, 0.05) is 23.8 Å². The fourth-order valence-corrected chi connectivity index (χ4v) is 4.23. The lowest BCUT2D eigenvalue weighted by molar-refractivity contribution is -0.117. The Labute approximate surface area is 167 Å². The molecule has 2 aromatic heterocycles. The Morgan fingerprint density at radius 2 is 2.11 bits per heavy atom. The van der Waals surface area contributed by atoms with Crippen LogP contribution in [0.4, 0.5) is 0 Å². The van der Waals surface area contributed by atoms with Crippen LogP contribution in [0.3, 0.4) is 0 Å². The molecule has 0 saturated heterocycles. The Morgan fingerprint density at radius 3 is 2.85 bits per heavy atom. The highest BCUT2D eigenvalue weighted by Gasteiger charge is 2.17. The van der Waals surface area contributed by atoms with Crippen LogP contribution in [-0.2, 0) is 17.6 Å². The summed E-state index contributed by atoms with van der Waals surface area (Å²) >= 11 is 3.24. The zero-order valence-corrected chi connectivity index (χ0v) is 17.2. The fraction of sp³-hybridized carbons (Fsp3) is 0.250. The molecule has 3 rings (SSSR count). The number of hydrogen-bond donors (Lipinski definition) is 1. The molecule has 0 saturated carbocycles. The molecule has 3 aromatic rings. The predicted octanol–water partition coefficient (Wildman–Crippen LogP) is 4.37. The maximum absolute atomic E-state index is 12.1. The predicted molar refractivity (Wildman–Crippen MR) is 112 cm³/mol. The topological polar surface area (TPSA) is 59.8 Å². The van der Waals surface area contributed by atoms with Crippen LogP contribution in [0.25, 0.3) is 6.08 Å². The first-order chi connectivity index (χ1) is 13.0. The van der Waals surface area contributed by atoms with Crippen molar-refractivity contribution in [3.63, 3.8) is 0 Å². The molecular formula is C20H22N4OS2. The minimum absolute atomic E-state index is 0.145. The summed E-state index contributed by atoms with van der Waals surface area (Å²) in [7, 11) is 1.93. The van der Waals surface area contributed by atoms with E-state index in [0.717, 1.165) is 21.6 Å². The zero-order valence-electron chi connectivity index (χ0n) is 15.5. The molecular weight excluding hydrogens is 376 g/mol. The Kier molecular flexibility index (Phi) is 6.47. The molecule has 0 aliphatic carbocycles. The quantitative estimate of drug-likeness (QED) is 0.474. The molecule has 0 aliphatic rings. The summed E-state index contributed by atoms with van der Waals surface area (Å²) in [5, 5.41) is 14.3. The summed E-state index contributed by atoms with van der Waals surface area (Å²) in [4.78, 5) is 13.2. The van der Waals surface area contributed by atoms with Crippen molar-refractivity contribution in [2.24, 2.45) is 7.05 Å². The van der Waals surface area contributed by atoms with Crippen LogP contribution >= 0.6 is 23.1 Å². The standard InChI is InChI=1S/C20H22N4OS2/c1-14-7-4-5-8-16(14)13-27-20-23-22-19(24(20)3)15(2)21-18(25)11-10-17-9-6-12-26-17/h4-12,15H,13H2,1-3H3,(H,21,25)/b11-10+/t15-/m0/s1. The first-order valence-electron chi connectivity index (χ1n) is 8.63. The number of rotatable bonds is 7. The van der Waals surface area contributed by atoms with E-state index in [1.165, 1.54) is 11.1 Å². The normalized spacial score (nSPS) is 12.4. The second kappa shape index (κ2) is 9.01. The van der Waals surface area contributed by atoms with E-state index in [-0.39, 0.29) is 11.9 Å². The van der Waals surface area contributed by atoms with Crippen LogP contribution in [0.5, 0.6) is 0 Å². The second-order valence-corrected chi connectivity index (χ2v) is 8.12. The van der Waals surface area contributed by atoms with Crippen molar-refractivity contribution in [1.82, 2.24) is 20.1 Å². The van der Waals surface area contributed by atoms with Gasteiger partial charge in [-0.3, -0.25) is 4.79 Å². The highest BCUT2D eigenvalue weighted by Crippen LogP contribution is 2.24. The van der Waals surface area contributed by atoms with Gasteiger partial charge in [-0.05, 0) is 42.5 Å². The van der Waals surface area contributed by atoms with Gasteiger partial charge in [-0.2, -0.15) is 0 Å². The molecule has 1 amide bonds. The van der Waals surface area contributed by atoms with E-state index in [1.807, 2.05) is 54.3 Å². The van der Waals surface area contributed by atoms with E-state index in [2.05, 4.69) is 34.6 Å². The van der Waals surface area contributed by atoms with E-state index >= 15 is 0 Å². The van der Waals surface area contributed by atoms with E-state index in [9.17, 15) is 4.79 Å². The highest BCUT2D eigenvalue weighted by atomic mass is 32.2. The van der Waals surface area contributed by atoms with Crippen LogP contribution in [0, 0.1) is 6.92 Å². The van der Waals surface area contributed by atoms with Crippen LogP contribution in [0.1, 0.15) is 34.8 Å². The molecule has 27 heavy (non-hydrogen) atoms. The van der Waals surface area contributed by atoms with Crippen molar-refractivity contribution in [2.45, 2.75) is 30.8 Å². The number of amides is 1. The van der Waals surface area contributed by atoms with Gasteiger partial charge >= 0.3 is 0 Å². The number of carbonyl (C=O) groups excluding carboxylic acids is 1. The smallest absolute Gasteiger partial charge is 0.244 e. The van der Waals surface area contributed by atoms with Gasteiger partial charge in [-0.1, -0.05) is 42.1 Å². The molecule has 0 radical (unpaired) electrons. The molecule has 7 heteroatoms. The third kappa shape index (κ3) is 5.08. The number of hydrogen-bond acceptors (Lipinski definition) is 5. The number of nitrogens with zero attached hydrogens (tertiary/aromatic N) is 3. The Morgan fingerprint density at radius 1 is 1.30 bits per heavy atom. The summed E-state index contributed by atoms with van der Waals surface area (Å²) in [5.74, 6) is 1.43. The molecule has 0 bridgehead atoms. The Bertz CT molecular complexity index is 931. The van der Waals surface area contributed by atoms with Gasteiger partial charge in [0.25, 0.3) is 0 Å². The summed E-state index contributed by atoms with van der Waals surface area (Å²) in [6, 6.07) is 12.0. The minimum atomic E-state index is -0.226. The van der Waals surface area contributed by atoms with Crippen molar-refractivity contribution in [3.05, 3.63) is 69.7 Å². The monoisotopic (exact) mass is 398 g/mol. The number of aromatic nitrogens is 3. The Hall–Kier alpha value is -2.38. The maximum Gasteiger partial charge on any atom is 0.244 e. The highest BCUT2D eigenvalue weighted by molar-refractivity contribution is 7.98. The SMILES string of the molecule is Cc1ccccc1CSc1nnc([C@H](C)NC(=O)/C=C/c2cccs2)n1C. The summed E-state index contributed by atoms with van der Waals surface area (Å²) in [5.41, 5.74) is 2.55. The second-order valence-electron chi connectivity index (χ2n) is 6.19. The number of thioether (sulfide) groups is 1. The van der Waals surface area contributed by atoms with Gasteiger partial charge in [0.05, 0.1) is 6.04 Å². The molecule has 0 unspecified atom stereocenters. The lowest BCUT2D eigenvalue weighted by Gasteiger charge is -2.12. The van der Waals surface area contributed by atoms with Gasteiger partial charge in [0.1, 0.15) is 0 Å². The third-order valence-electron chi connectivity index (χ3n) is 4.17. The fourth-order valence-electron chi connectivity index (χ4n) is 2.61. The first-order valence-corrected chi connectivity index (χ1v) is 10.5. The summed E-state index contributed by atoms with van der Waals surface area (Å²) in [6.07, 6.45) is 3.36. The molecule has 5 nitrogen and oxygen atoms in total. The maximum atomic E-state index is 12.1. The van der Waals surface area contributed by atoms with E-state index in [4.69, 9.17) is 0 Å². The van der Waals surface area contributed by atoms with Gasteiger partial charge < -0.3 is 9.88 Å². The minimum Gasteiger partial charge on any atom is -0.343 e. The van der Waals surface area contributed by atoms with Crippen molar-refractivity contribution in [3.8, 4) is 0 Å². The van der Waals surface area contributed by atoms with E-state index in [1.54, 1.807) is 29.2 Å². The van der Waals surface area contributed by atoms with E-state index in [0.29, 0.717) is 0 Å². The number of aryl methyl sites for hydroxylation is 1. The third-order valence-corrected chi connectivity index (χ3v) is 6.08. The first kappa shape index (κ1) is 19.4. The van der Waals surface area contributed by atoms with Gasteiger partial charge in [0.2, 0.25) is 5.91 Å². The molecule has 0 aliphatic heterocycles. The molecule has 1 atom stereocenters. The Balaban J connectivity index is 1.60. The average Bonchev–Trinajstić information content (AvgIpc) is 3.29. The molecule has 2 heterocycles. The van der Waals surface area contributed by atoms with Crippen LogP contribution < -0.4 is 5.32 Å². The van der Waals surface area contributed by atoms with Crippen molar-refractivity contribution < 1.29 is 4.79 Å². The van der Waals surface area contributed by atoms with Gasteiger partial charge in [-0.25, -0.2) is 0 Å². The molecule has 0 spiro atoms. The molecule has 1 aromatic carbocycles. The summed E-state index contributed by atoms with van der Waals surface area (Å²) < 4.78 is 1.94. The van der Waals surface area contributed by atoms with Crippen molar-refractivity contribution >= 4 is 35.1 Å². The molecule has 0 fully saturated rings. The number of nitrogens with one attached hydrogen (secondary N) is 1. The van der Waals surface area contributed by atoms with Crippen LogP contribution in [0.2, 0.25) is 0 Å². The van der Waals surface area contributed by atoms with Gasteiger partial charge in [-0.15, -0.1) is 21.5 Å². The number of thiophene rings is 1. The van der Waals surface area contributed by atoms with Crippen LogP contribution in [0.15, 0.2) is 53.0 Å². The molecule has 1 N–H and O–H groups in total. The lowest BCUT2D eigenvalue weighted by atomic mass is 10.1. The van der Waals surface area contributed by atoms with Crippen LogP contribution in [-0.4, -0.2) is 20.7 Å². The number of carbonyl (C=O) groups is 1.